The van der Waals surface area contributed by atoms with Gasteiger partial charge in [0, 0.05) is 18.7 Å². The van der Waals surface area contributed by atoms with E-state index in [-0.39, 0.29) is 24.4 Å². The lowest BCUT2D eigenvalue weighted by Gasteiger charge is -2.25. The maximum absolute atomic E-state index is 13.1. The van der Waals surface area contributed by atoms with Crippen LogP contribution in [0.25, 0.3) is 0 Å². The second-order valence-electron chi connectivity index (χ2n) is 7.19. The third-order valence-electron chi connectivity index (χ3n) is 5.00. The number of ketones is 1. The predicted molar refractivity (Wildman–Crippen MR) is 105 cm³/mol. The lowest BCUT2D eigenvalue weighted by Crippen LogP contribution is -2.44. The van der Waals surface area contributed by atoms with Crippen molar-refractivity contribution in [2.45, 2.75) is 32.2 Å². The molecule has 0 bridgehead atoms. The summed E-state index contributed by atoms with van der Waals surface area (Å²) in [5.41, 5.74) is 7.97. The summed E-state index contributed by atoms with van der Waals surface area (Å²) in [6.07, 6.45) is 8.09. The highest BCUT2D eigenvalue weighted by Crippen LogP contribution is 2.30. The van der Waals surface area contributed by atoms with Crippen LogP contribution in [0.1, 0.15) is 26.2 Å². The van der Waals surface area contributed by atoms with Gasteiger partial charge in [-0.25, -0.2) is 19.0 Å². The topological polar surface area (TPSA) is 151 Å². The number of amides is 2. The van der Waals surface area contributed by atoms with E-state index in [0.29, 0.717) is 18.5 Å². The van der Waals surface area contributed by atoms with E-state index in [2.05, 4.69) is 10.8 Å². The molecule has 1 fully saturated rings. The van der Waals surface area contributed by atoms with Crippen LogP contribution in [-0.4, -0.2) is 54.5 Å². The van der Waals surface area contributed by atoms with Crippen molar-refractivity contribution in [1.29, 1.82) is 0 Å². The number of allylic oxidation sites excluding steroid dienone is 2. The number of hydrogen-bond acceptors (Lipinski definition) is 8. The average Bonchev–Trinajstić information content (AvgIpc) is 3.10. The van der Waals surface area contributed by atoms with E-state index in [9.17, 15) is 22.8 Å². The van der Waals surface area contributed by atoms with Gasteiger partial charge in [0.15, 0.2) is 5.78 Å². The minimum atomic E-state index is -3.96. The number of primary amides is 1. The molecule has 1 unspecified atom stereocenters. The number of Topliss-reactive ketones (excluding diaryl/α,β-unsaturated/α-hetero) is 1. The van der Waals surface area contributed by atoms with E-state index < -0.39 is 39.6 Å². The van der Waals surface area contributed by atoms with Crippen molar-refractivity contribution >= 4 is 27.6 Å². The van der Waals surface area contributed by atoms with Gasteiger partial charge in [0.25, 0.3) is 0 Å². The molecule has 3 rings (SSSR count). The van der Waals surface area contributed by atoms with Crippen LogP contribution in [0.4, 0.5) is 0 Å². The number of nitrogens with one attached hydrogen (secondary N) is 2. The van der Waals surface area contributed by atoms with E-state index in [4.69, 9.17) is 10.7 Å². The monoisotopic (exact) mass is 438 g/mol. The fourth-order valence-corrected chi connectivity index (χ4v) is 4.79. The van der Waals surface area contributed by atoms with Crippen molar-refractivity contribution < 1.29 is 27.7 Å². The van der Waals surface area contributed by atoms with Crippen LogP contribution in [0.15, 0.2) is 35.2 Å². The van der Waals surface area contributed by atoms with Gasteiger partial charge in [-0.1, -0.05) is 6.92 Å². The van der Waals surface area contributed by atoms with Gasteiger partial charge in [-0.3, -0.25) is 14.4 Å². The van der Waals surface area contributed by atoms with Crippen LogP contribution in [0.5, 0.6) is 0 Å². The fraction of sp³-hybridized carbons (Fsp3) is 0.444. The number of carbonyl (C=O) groups is 3. The van der Waals surface area contributed by atoms with Crippen molar-refractivity contribution in [2.75, 3.05) is 13.1 Å². The Bertz CT molecular complexity index is 925. The molecule has 0 aliphatic carbocycles. The van der Waals surface area contributed by atoms with E-state index in [1.807, 2.05) is 0 Å². The molecule has 2 atom stereocenters. The molecule has 4 N–H and O–H groups in total. The first kappa shape index (κ1) is 22.0. The second-order valence-corrected chi connectivity index (χ2v) is 9.09. The Morgan fingerprint density at radius 2 is 2.23 bits per heavy atom. The highest BCUT2D eigenvalue weighted by Gasteiger charge is 2.37. The van der Waals surface area contributed by atoms with Gasteiger partial charge in [0.2, 0.25) is 21.8 Å². The third-order valence-corrected chi connectivity index (χ3v) is 6.90. The molecule has 12 heteroatoms. The molecule has 1 radical (unpaired) electrons. The van der Waals surface area contributed by atoms with Gasteiger partial charge in [-0.05, 0) is 31.4 Å². The normalized spacial score (nSPS) is 23.0. The molecule has 163 valence electrons. The molecule has 0 aromatic heterocycles. The Kier molecular flexibility index (Phi) is 6.58. The molecule has 3 aliphatic heterocycles. The molecule has 3 aliphatic rings. The first-order chi connectivity index (χ1) is 14.2. The minimum absolute atomic E-state index is 0.0130. The molecule has 1 saturated heterocycles. The highest BCUT2D eigenvalue weighted by atomic mass is 32.2. The largest absolute Gasteiger partial charge is 0.369 e. The number of carbonyl (C=O) groups excluding carboxylic acids is 3. The molecule has 11 nitrogen and oxygen atoms in total. The minimum Gasteiger partial charge on any atom is -0.369 e. The number of nitrogens with zero attached hydrogens (tertiary/aromatic N) is 2. The van der Waals surface area contributed by atoms with Crippen molar-refractivity contribution in [3.05, 3.63) is 41.6 Å². The maximum atomic E-state index is 13.1. The zero-order valence-corrected chi connectivity index (χ0v) is 17.2. The van der Waals surface area contributed by atoms with Crippen LogP contribution in [0.3, 0.4) is 0 Å². The van der Waals surface area contributed by atoms with Crippen LogP contribution < -0.4 is 16.5 Å². The molecule has 0 spiro atoms. The van der Waals surface area contributed by atoms with Crippen molar-refractivity contribution in [3.63, 3.8) is 0 Å². The smallest absolute Gasteiger partial charge is 0.245 e. The van der Waals surface area contributed by atoms with Crippen LogP contribution in [0.2, 0.25) is 0 Å². The van der Waals surface area contributed by atoms with Gasteiger partial charge in [0.1, 0.15) is 10.6 Å². The third kappa shape index (κ3) is 4.71. The zero-order valence-electron chi connectivity index (χ0n) is 16.4. The summed E-state index contributed by atoms with van der Waals surface area (Å²) >= 11 is 0. The van der Waals surface area contributed by atoms with E-state index in [1.165, 1.54) is 29.8 Å². The Morgan fingerprint density at radius 1 is 1.47 bits per heavy atom. The molecule has 0 aromatic carbocycles. The van der Waals surface area contributed by atoms with Gasteiger partial charge in [0.05, 0.1) is 25.2 Å². The summed E-state index contributed by atoms with van der Waals surface area (Å²) < 4.78 is 27.4. The maximum Gasteiger partial charge on any atom is 0.245 e. The van der Waals surface area contributed by atoms with Gasteiger partial charge < -0.3 is 11.1 Å². The standard InChI is InChI=1S/C18H24N5O6S/c1-12(18(19)26)6-7-17(25)21-13-4-2-8-22(11-15(13)24)30(27,28)16-5-3-9-23-14(16)10-20-29-23/h3,5,7,9-10,12-13,20H,2,4,6,8,11H2,1H3,(H2,19,26)(H,21,25)/t12?,13-/m0/s1. The summed E-state index contributed by atoms with van der Waals surface area (Å²) in [6, 6.07) is -0.801. The number of rotatable bonds is 7. The molecular formula is C18H24N5O6S. The lowest BCUT2D eigenvalue weighted by atomic mass is 10.0. The van der Waals surface area contributed by atoms with E-state index in [1.54, 1.807) is 13.1 Å². The van der Waals surface area contributed by atoms with E-state index in [0.717, 1.165) is 4.31 Å². The molecule has 0 aromatic rings. The first-order valence-corrected chi connectivity index (χ1v) is 10.9. The molecule has 0 saturated carbocycles. The fourth-order valence-electron chi connectivity index (χ4n) is 3.18. The number of nitrogens with two attached hydrogens (primary N) is 1. The number of sulfonamides is 1. The van der Waals surface area contributed by atoms with Crippen molar-refractivity contribution in [2.24, 2.45) is 11.7 Å². The number of hydrogen-bond donors (Lipinski definition) is 3. The van der Waals surface area contributed by atoms with Gasteiger partial charge >= 0.3 is 0 Å². The Labute approximate surface area is 174 Å². The molecular weight excluding hydrogens is 414 g/mol. The highest BCUT2D eigenvalue weighted by molar-refractivity contribution is 7.93. The molecule has 2 amide bonds. The number of fused-ring (bicyclic) bond motifs is 1. The SMILES string of the molecule is CC(C[CH]C(=O)N[C@H]1CCCN(S(=O)(=O)C2=CC=CN3ONC=C23)CC1=O)C(N)=O. The van der Waals surface area contributed by atoms with Crippen LogP contribution in [-0.2, 0) is 29.3 Å². The quantitative estimate of drug-likeness (QED) is 0.467. The predicted octanol–water partition coefficient (Wildman–Crippen LogP) is -0.814. The van der Waals surface area contributed by atoms with Crippen LogP contribution >= 0.6 is 0 Å². The van der Waals surface area contributed by atoms with Crippen molar-refractivity contribution in [1.82, 2.24) is 20.2 Å². The second kappa shape index (κ2) is 8.98. The Morgan fingerprint density at radius 3 is 2.97 bits per heavy atom. The molecule has 30 heavy (non-hydrogen) atoms. The van der Waals surface area contributed by atoms with Gasteiger partial charge in [-0.15, -0.1) is 0 Å². The van der Waals surface area contributed by atoms with E-state index >= 15 is 0 Å². The summed E-state index contributed by atoms with van der Waals surface area (Å²) in [7, 11) is -3.96. The summed E-state index contributed by atoms with van der Waals surface area (Å²) in [5, 5.41) is 3.87. The average molecular weight is 438 g/mol. The Balaban J connectivity index is 1.64. The molecule has 3 heterocycles. The lowest BCUT2D eigenvalue weighted by molar-refractivity contribution is -0.126. The number of hydroxylamine groups is 3. The summed E-state index contributed by atoms with van der Waals surface area (Å²) in [6.45, 7) is 1.39. The first-order valence-electron chi connectivity index (χ1n) is 9.47. The Hall–Kier alpha value is -2.70. The van der Waals surface area contributed by atoms with Gasteiger partial charge in [-0.2, -0.15) is 9.24 Å². The van der Waals surface area contributed by atoms with Crippen LogP contribution in [0, 0.1) is 12.3 Å². The zero-order chi connectivity index (χ0) is 21.9. The summed E-state index contributed by atoms with van der Waals surface area (Å²) in [5.74, 6) is -1.91. The summed E-state index contributed by atoms with van der Waals surface area (Å²) in [4.78, 5) is 40.9. The van der Waals surface area contributed by atoms with Crippen molar-refractivity contribution in [3.8, 4) is 0 Å².